The Balaban J connectivity index is 2.31. The third-order valence-corrected chi connectivity index (χ3v) is 4.95. The van der Waals surface area contributed by atoms with Crippen molar-refractivity contribution in [3.63, 3.8) is 0 Å². The van der Waals surface area contributed by atoms with E-state index in [4.69, 9.17) is 0 Å². The van der Waals surface area contributed by atoms with Gasteiger partial charge in [-0.2, -0.15) is 0 Å². The Hall–Kier alpha value is -0.640. The molecule has 2 aromatic carbocycles. The second-order valence-electron chi connectivity index (χ2n) is 5.13. The summed E-state index contributed by atoms with van der Waals surface area (Å²) in [4.78, 5) is 0. The van der Waals surface area contributed by atoms with E-state index in [-0.39, 0.29) is 0 Å². The summed E-state index contributed by atoms with van der Waals surface area (Å²) in [6.07, 6.45) is 0.984. The highest BCUT2D eigenvalue weighted by molar-refractivity contribution is 9.10. The zero-order chi connectivity index (χ0) is 14.7. The van der Waals surface area contributed by atoms with Gasteiger partial charge in [0.25, 0.3) is 0 Å². The molecule has 0 amide bonds. The monoisotopic (exact) mass is 395 g/mol. The molecule has 1 unspecified atom stereocenters. The standard InChI is InChI=1S/C17H19Br2N/c1-11-8-16(19)12(2)7-15(11)17(20-3)10-13-5-4-6-14(18)9-13/h4-9,17,20H,10H2,1-3H3. The van der Waals surface area contributed by atoms with Crippen molar-refractivity contribution < 1.29 is 0 Å². The lowest BCUT2D eigenvalue weighted by molar-refractivity contribution is 0.588. The lowest BCUT2D eigenvalue weighted by atomic mass is 9.94. The SMILES string of the molecule is CNC(Cc1cccc(Br)c1)c1cc(C)c(Br)cc1C. The molecular weight excluding hydrogens is 378 g/mol. The highest BCUT2D eigenvalue weighted by atomic mass is 79.9. The smallest absolute Gasteiger partial charge is 0.0361 e. The van der Waals surface area contributed by atoms with Gasteiger partial charge in [-0.25, -0.2) is 0 Å². The molecule has 1 nitrogen and oxygen atoms in total. The number of benzene rings is 2. The van der Waals surface area contributed by atoms with E-state index in [0.717, 1.165) is 10.9 Å². The fraction of sp³-hybridized carbons (Fsp3) is 0.294. The van der Waals surface area contributed by atoms with E-state index in [0.29, 0.717) is 6.04 Å². The summed E-state index contributed by atoms with van der Waals surface area (Å²) >= 11 is 7.14. The Morgan fingerprint density at radius 1 is 1.05 bits per heavy atom. The lowest BCUT2D eigenvalue weighted by Crippen LogP contribution is -2.20. The first-order valence-electron chi connectivity index (χ1n) is 6.69. The van der Waals surface area contributed by atoms with Crippen molar-refractivity contribution in [2.24, 2.45) is 0 Å². The summed E-state index contributed by atoms with van der Waals surface area (Å²) in [6, 6.07) is 13.3. The number of likely N-dealkylation sites (N-methyl/N-ethyl adjacent to an activating group) is 1. The minimum Gasteiger partial charge on any atom is -0.313 e. The molecule has 0 saturated carbocycles. The largest absolute Gasteiger partial charge is 0.313 e. The van der Waals surface area contributed by atoms with Gasteiger partial charge in [-0.15, -0.1) is 0 Å². The molecule has 0 aliphatic heterocycles. The van der Waals surface area contributed by atoms with Crippen LogP contribution in [0.3, 0.4) is 0 Å². The van der Waals surface area contributed by atoms with Gasteiger partial charge in [0.1, 0.15) is 0 Å². The highest BCUT2D eigenvalue weighted by Gasteiger charge is 2.14. The maximum atomic E-state index is 3.60. The van der Waals surface area contributed by atoms with E-state index < -0.39 is 0 Å². The van der Waals surface area contributed by atoms with Crippen molar-refractivity contribution in [3.05, 3.63) is 67.6 Å². The molecule has 0 bridgehead atoms. The van der Waals surface area contributed by atoms with E-state index in [1.54, 1.807) is 0 Å². The van der Waals surface area contributed by atoms with Crippen LogP contribution < -0.4 is 5.32 Å². The number of aryl methyl sites for hydroxylation is 2. The molecule has 0 heterocycles. The zero-order valence-electron chi connectivity index (χ0n) is 12.0. The summed E-state index contributed by atoms with van der Waals surface area (Å²) in [6.45, 7) is 4.31. The van der Waals surface area contributed by atoms with E-state index in [1.165, 1.54) is 26.7 Å². The first kappa shape index (κ1) is 15.7. The van der Waals surface area contributed by atoms with E-state index in [9.17, 15) is 0 Å². The maximum absolute atomic E-state index is 3.60. The van der Waals surface area contributed by atoms with E-state index in [1.807, 2.05) is 7.05 Å². The fourth-order valence-electron chi connectivity index (χ4n) is 2.45. The second-order valence-corrected chi connectivity index (χ2v) is 6.90. The van der Waals surface area contributed by atoms with Crippen molar-refractivity contribution in [2.45, 2.75) is 26.3 Å². The Bertz CT molecular complexity index is 608. The average Bonchev–Trinajstić information content (AvgIpc) is 2.40. The molecular formula is C17H19Br2N. The zero-order valence-corrected chi connectivity index (χ0v) is 15.2. The predicted octanol–water partition coefficient (Wildman–Crippen LogP) is 5.33. The van der Waals surface area contributed by atoms with Crippen LogP contribution in [0.15, 0.2) is 45.3 Å². The Morgan fingerprint density at radius 3 is 2.45 bits per heavy atom. The molecule has 20 heavy (non-hydrogen) atoms. The van der Waals surface area contributed by atoms with E-state index in [2.05, 4.69) is 87.4 Å². The van der Waals surface area contributed by atoms with Crippen LogP contribution >= 0.6 is 31.9 Å². The average molecular weight is 397 g/mol. The van der Waals surface area contributed by atoms with Gasteiger partial charge in [-0.05, 0) is 67.8 Å². The summed E-state index contributed by atoms with van der Waals surface area (Å²) in [7, 11) is 2.03. The summed E-state index contributed by atoms with van der Waals surface area (Å²) in [5.74, 6) is 0. The molecule has 0 aromatic heterocycles. The third kappa shape index (κ3) is 3.72. The lowest BCUT2D eigenvalue weighted by Gasteiger charge is -2.20. The molecule has 0 radical (unpaired) electrons. The van der Waals surface area contributed by atoms with Crippen LogP contribution in [-0.4, -0.2) is 7.05 Å². The summed E-state index contributed by atoms with van der Waals surface area (Å²) in [5, 5.41) is 3.44. The second kappa shape index (κ2) is 6.88. The molecule has 106 valence electrons. The number of halogens is 2. The van der Waals surface area contributed by atoms with Gasteiger partial charge in [0, 0.05) is 15.0 Å². The highest BCUT2D eigenvalue weighted by Crippen LogP contribution is 2.27. The summed E-state index contributed by atoms with van der Waals surface area (Å²) in [5.41, 5.74) is 5.30. The number of hydrogen-bond donors (Lipinski definition) is 1. The van der Waals surface area contributed by atoms with Crippen molar-refractivity contribution in [3.8, 4) is 0 Å². The molecule has 0 saturated heterocycles. The third-order valence-electron chi connectivity index (χ3n) is 3.60. The Morgan fingerprint density at radius 2 is 1.80 bits per heavy atom. The normalized spacial score (nSPS) is 12.4. The van der Waals surface area contributed by atoms with Crippen molar-refractivity contribution >= 4 is 31.9 Å². The number of hydrogen-bond acceptors (Lipinski definition) is 1. The van der Waals surface area contributed by atoms with Gasteiger partial charge in [-0.1, -0.05) is 50.1 Å². The molecule has 0 aliphatic carbocycles. The van der Waals surface area contributed by atoms with Crippen molar-refractivity contribution in [1.82, 2.24) is 5.32 Å². The quantitative estimate of drug-likeness (QED) is 0.736. The van der Waals surface area contributed by atoms with Crippen LogP contribution in [0.2, 0.25) is 0 Å². The molecule has 0 fully saturated rings. The number of rotatable bonds is 4. The summed E-state index contributed by atoms with van der Waals surface area (Å²) < 4.78 is 2.31. The maximum Gasteiger partial charge on any atom is 0.0361 e. The van der Waals surface area contributed by atoms with Crippen LogP contribution in [-0.2, 0) is 6.42 Å². The molecule has 2 aromatic rings. The van der Waals surface area contributed by atoms with Crippen LogP contribution in [0.1, 0.15) is 28.3 Å². The van der Waals surface area contributed by atoms with Gasteiger partial charge in [0.05, 0.1) is 0 Å². The van der Waals surface area contributed by atoms with Gasteiger partial charge < -0.3 is 5.32 Å². The van der Waals surface area contributed by atoms with Gasteiger partial charge in [0.15, 0.2) is 0 Å². The van der Waals surface area contributed by atoms with Gasteiger partial charge >= 0.3 is 0 Å². The minimum absolute atomic E-state index is 0.330. The molecule has 3 heteroatoms. The Kier molecular flexibility index (Phi) is 5.42. The molecule has 1 atom stereocenters. The topological polar surface area (TPSA) is 12.0 Å². The van der Waals surface area contributed by atoms with Crippen LogP contribution in [0.5, 0.6) is 0 Å². The molecule has 0 spiro atoms. The predicted molar refractivity (Wildman–Crippen MR) is 93.3 cm³/mol. The Labute approximate surface area is 138 Å². The minimum atomic E-state index is 0.330. The van der Waals surface area contributed by atoms with E-state index >= 15 is 0 Å². The molecule has 2 rings (SSSR count). The van der Waals surface area contributed by atoms with Crippen molar-refractivity contribution in [2.75, 3.05) is 7.05 Å². The first-order valence-corrected chi connectivity index (χ1v) is 8.28. The molecule has 0 aliphatic rings. The van der Waals surface area contributed by atoms with Crippen LogP contribution in [0, 0.1) is 13.8 Å². The van der Waals surface area contributed by atoms with Crippen molar-refractivity contribution in [1.29, 1.82) is 0 Å². The van der Waals surface area contributed by atoms with Gasteiger partial charge in [-0.3, -0.25) is 0 Å². The number of nitrogens with one attached hydrogen (secondary N) is 1. The van der Waals surface area contributed by atoms with Crippen LogP contribution in [0.25, 0.3) is 0 Å². The van der Waals surface area contributed by atoms with Gasteiger partial charge in [0.2, 0.25) is 0 Å². The fourth-order valence-corrected chi connectivity index (χ4v) is 3.35. The molecule has 1 N–H and O–H groups in total. The van der Waals surface area contributed by atoms with Crippen LogP contribution in [0.4, 0.5) is 0 Å². The first-order chi connectivity index (χ1) is 9.51.